The van der Waals surface area contributed by atoms with E-state index in [2.05, 4.69) is 6.58 Å². The molecule has 0 N–H and O–H groups in total. The van der Waals surface area contributed by atoms with E-state index in [0.29, 0.717) is 17.9 Å². The van der Waals surface area contributed by atoms with Gasteiger partial charge < -0.3 is 9.47 Å². The topological polar surface area (TPSA) is 52.6 Å². The van der Waals surface area contributed by atoms with Crippen molar-refractivity contribution < 1.29 is 19.1 Å². The normalized spacial score (nSPS) is 10.3. The Morgan fingerprint density at radius 2 is 1.59 bits per heavy atom. The van der Waals surface area contributed by atoms with Crippen molar-refractivity contribution in [2.24, 2.45) is 0 Å². The highest BCUT2D eigenvalue weighted by molar-refractivity contribution is 5.91. The summed E-state index contributed by atoms with van der Waals surface area (Å²) in [7, 11) is 0. The third kappa shape index (κ3) is 7.48. The first kappa shape index (κ1) is 20.4. The number of carbonyl (C=O) groups excluding carboxylic acids is 2. The molecule has 2 rings (SSSR count). The number of unbranched alkanes of at least 4 members (excludes halogenated alkanes) is 3. The summed E-state index contributed by atoms with van der Waals surface area (Å²) in [6.45, 7) is 5.80. The molecule has 142 valence electrons. The van der Waals surface area contributed by atoms with Crippen LogP contribution in [0.25, 0.3) is 0 Å². The summed E-state index contributed by atoms with van der Waals surface area (Å²) < 4.78 is 10.3. The van der Waals surface area contributed by atoms with Crippen LogP contribution in [0.5, 0.6) is 5.75 Å². The van der Waals surface area contributed by atoms with Gasteiger partial charge in [-0.15, -0.1) is 0 Å². The van der Waals surface area contributed by atoms with E-state index >= 15 is 0 Å². The molecule has 0 spiro atoms. The molecule has 0 fully saturated rings. The van der Waals surface area contributed by atoms with Crippen LogP contribution in [-0.2, 0) is 16.0 Å². The lowest BCUT2D eigenvalue weighted by atomic mass is 10.0. The second kappa shape index (κ2) is 11.0. The van der Waals surface area contributed by atoms with Crippen LogP contribution >= 0.6 is 0 Å². The van der Waals surface area contributed by atoms with Crippen LogP contribution < -0.4 is 4.74 Å². The maximum absolute atomic E-state index is 12.2. The molecule has 0 aliphatic carbocycles. The van der Waals surface area contributed by atoms with Gasteiger partial charge in [0.2, 0.25) is 0 Å². The number of esters is 2. The minimum atomic E-state index is -0.365. The van der Waals surface area contributed by atoms with Gasteiger partial charge in [0.05, 0.1) is 12.2 Å². The van der Waals surface area contributed by atoms with E-state index in [-0.39, 0.29) is 11.9 Å². The van der Waals surface area contributed by atoms with Crippen LogP contribution in [0.1, 0.15) is 47.2 Å². The summed E-state index contributed by atoms with van der Waals surface area (Å²) in [4.78, 5) is 23.1. The van der Waals surface area contributed by atoms with Crippen molar-refractivity contribution in [2.75, 3.05) is 6.61 Å². The van der Waals surface area contributed by atoms with E-state index in [4.69, 9.17) is 9.47 Å². The van der Waals surface area contributed by atoms with Crippen molar-refractivity contribution in [3.05, 3.63) is 77.9 Å². The molecular formula is C23H26O4. The van der Waals surface area contributed by atoms with Gasteiger partial charge in [-0.05, 0) is 56.0 Å². The van der Waals surface area contributed by atoms with Crippen LogP contribution in [0.15, 0.2) is 61.2 Å². The van der Waals surface area contributed by atoms with Gasteiger partial charge in [0.15, 0.2) is 0 Å². The number of ether oxygens (including phenoxy) is 2. The number of hydrogen-bond acceptors (Lipinski definition) is 4. The number of aryl methyl sites for hydroxylation is 2. The lowest BCUT2D eigenvalue weighted by Crippen LogP contribution is -2.08. The summed E-state index contributed by atoms with van der Waals surface area (Å²) >= 11 is 0. The van der Waals surface area contributed by atoms with Crippen molar-refractivity contribution in [2.45, 2.75) is 39.0 Å². The number of benzene rings is 2. The molecule has 0 radical (unpaired) electrons. The molecule has 0 saturated carbocycles. The Bertz CT molecular complexity index is 745. The van der Waals surface area contributed by atoms with E-state index in [0.717, 1.165) is 37.7 Å². The van der Waals surface area contributed by atoms with Crippen LogP contribution in [0.2, 0.25) is 0 Å². The molecule has 0 aliphatic heterocycles. The average Bonchev–Trinajstić information content (AvgIpc) is 2.69. The standard InChI is InChI=1S/C23H26O4/c1-3-22(24)26-17-7-5-4-6-8-19-11-13-20(14-12-19)23(25)27-21-15-9-18(2)10-16-21/h3,9-16H,1,4-8,17H2,2H3. The fraction of sp³-hybridized carbons (Fsp3) is 0.304. The molecule has 0 aromatic heterocycles. The summed E-state index contributed by atoms with van der Waals surface area (Å²) in [6, 6.07) is 15.0. The van der Waals surface area contributed by atoms with E-state index < -0.39 is 0 Å². The van der Waals surface area contributed by atoms with Crippen molar-refractivity contribution in [3.63, 3.8) is 0 Å². The Kier molecular flexibility index (Phi) is 8.30. The lowest BCUT2D eigenvalue weighted by molar-refractivity contribution is -0.137. The molecule has 4 nitrogen and oxygen atoms in total. The highest BCUT2D eigenvalue weighted by Crippen LogP contribution is 2.15. The average molecular weight is 366 g/mol. The van der Waals surface area contributed by atoms with Crippen LogP contribution in [0.3, 0.4) is 0 Å². The number of rotatable bonds is 10. The molecule has 0 heterocycles. The minimum Gasteiger partial charge on any atom is -0.463 e. The quantitative estimate of drug-likeness (QED) is 0.256. The Hall–Kier alpha value is -2.88. The third-order valence-electron chi connectivity index (χ3n) is 4.19. The predicted octanol–water partition coefficient (Wildman–Crippen LogP) is 5.05. The van der Waals surface area contributed by atoms with Crippen LogP contribution in [0, 0.1) is 6.92 Å². The minimum absolute atomic E-state index is 0.348. The highest BCUT2D eigenvalue weighted by Gasteiger charge is 2.08. The van der Waals surface area contributed by atoms with E-state index in [1.165, 1.54) is 11.6 Å². The fourth-order valence-corrected chi connectivity index (χ4v) is 2.60. The van der Waals surface area contributed by atoms with Crippen LogP contribution in [-0.4, -0.2) is 18.5 Å². The Balaban J connectivity index is 1.68. The molecule has 0 amide bonds. The second-order valence-corrected chi connectivity index (χ2v) is 6.44. The van der Waals surface area contributed by atoms with Gasteiger partial charge in [-0.2, -0.15) is 0 Å². The Morgan fingerprint density at radius 3 is 2.26 bits per heavy atom. The zero-order chi connectivity index (χ0) is 19.5. The number of carbonyl (C=O) groups is 2. The van der Waals surface area contributed by atoms with Gasteiger partial charge in [-0.3, -0.25) is 0 Å². The molecule has 0 saturated heterocycles. The molecule has 27 heavy (non-hydrogen) atoms. The smallest absolute Gasteiger partial charge is 0.343 e. The first-order chi connectivity index (χ1) is 13.1. The molecule has 0 atom stereocenters. The molecule has 0 bridgehead atoms. The third-order valence-corrected chi connectivity index (χ3v) is 4.19. The zero-order valence-electron chi connectivity index (χ0n) is 15.8. The van der Waals surface area contributed by atoms with Gasteiger partial charge in [-0.1, -0.05) is 49.2 Å². The number of hydrogen-bond donors (Lipinski definition) is 0. The van der Waals surface area contributed by atoms with Crippen molar-refractivity contribution in [1.82, 2.24) is 0 Å². The van der Waals surface area contributed by atoms with Crippen molar-refractivity contribution >= 4 is 11.9 Å². The van der Waals surface area contributed by atoms with Crippen LogP contribution in [0.4, 0.5) is 0 Å². The largest absolute Gasteiger partial charge is 0.463 e. The maximum atomic E-state index is 12.2. The molecular weight excluding hydrogens is 340 g/mol. The first-order valence-electron chi connectivity index (χ1n) is 9.25. The summed E-state index contributed by atoms with van der Waals surface area (Å²) in [6.07, 6.45) is 6.15. The Morgan fingerprint density at radius 1 is 0.926 bits per heavy atom. The second-order valence-electron chi connectivity index (χ2n) is 6.44. The lowest BCUT2D eigenvalue weighted by Gasteiger charge is -2.06. The SMILES string of the molecule is C=CC(=O)OCCCCCCc1ccc(C(=O)Oc2ccc(C)cc2)cc1. The summed E-state index contributed by atoms with van der Waals surface area (Å²) in [5.41, 5.74) is 2.86. The molecule has 2 aromatic rings. The van der Waals surface area contributed by atoms with Gasteiger partial charge in [0, 0.05) is 6.08 Å². The zero-order valence-corrected chi connectivity index (χ0v) is 15.8. The van der Waals surface area contributed by atoms with Gasteiger partial charge in [0.1, 0.15) is 5.75 Å². The molecule has 4 heteroatoms. The maximum Gasteiger partial charge on any atom is 0.343 e. The van der Waals surface area contributed by atoms with Crippen molar-refractivity contribution in [3.8, 4) is 5.75 Å². The van der Waals surface area contributed by atoms with Gasteiger partial charge in [0.25, 0.3) is 0 Å². The summed E-state index contributed by atoms with van der Waals surface area (Å²) in [5.74, 6) is -0.163. The predicted molar refractivity (Wildman–Crippen MR) is 106 cm³/mol. The van der Waals surface area contributed by atoms with Gasteiger partial charge in [-0.25, -0.2) is 9.59 Å². The van der Waals surface area contributed by atoms with E-state index in [1.807, 2.05) is 31.2 Å². The summed E-state index contributed by atoms with van der Waals surface area (Å²) in [5, 5.41) is 0. The van der Waals surface area contributed by atoms with Gasteiger partial charge >= 0.3 is 11.9 Å². The fourth-order valence-electron chi connectivity index (χ4n) is 2.60. The van der Waals surface area contributed by atoms with E-state index in [1.54, 1.807) is 24.3 Å². The Labute approximate surface area is 160 Å². The first-order valence-corrected chi connectivity index (χ1v) is 9.25. The van der Waals surface area contributed by atoms with Crippen molar-refractivity contribution in [1.29, 1.82) is 0 Å². The molecule has 0 aliphatic rings. The molecule has 0 unspecified atom stereocenters. The monoisotopic (exact) mass is 366 g/mol. The highest BCUT2D eigenvalue weighted by atomic mass is 16.5. The van der Waals surface area contributed by atoms with E-state index in [9.17, 15) is 9.59 Å². The molecule has 2 aromatic carbocycles.